The van der Waals surface area contributed by atoms with E-state index in [0.29, 0.717) is 23.9 Å². The highest BCUT2D eigenvalue weighted by molar-refractivity contribution is 5.91. The molecule has 116 valence electrons. The molecular weight excluding hydrogens is 284 g/mol. The molecule has 2 amide bonds. The minimum absolute atomic E-state index is 0.0201. The van der Waals surface area contributed by atoms with Crippen molar-refractivity contribution in [1.29, 1.82) is 0 Å². The molecular formula is C14H18N6O2. The Hall–Kier alpha value is -2.77. The molecule has 0 fully saturated rings. The van der Waals surface area contributed by atoms with Crippen LogP contribution < -0.4 is 11.1 Å². The molecule has 2 rings (SSSR count). The molecule has 0 aliphatic heterocycles. The largest absolute Gasteiger partial charge is 0.368 e. The van der Waals surface area contributed by atoms with Gasteiger partial charge in [-0.25, -0.2) is 0 Å². The van der Waals surface area contributed by atoms with Crippen molar-refractivity contribution in [1.82, 2.24) is 20.2 Å². The summed E-state index contributed by atoms with van der Waals surface area (Å²) in [5.41, 5.74) is 6.51. The fourth-order valence-electron chi connectivity index (χ4n) is 1.85. The van der Waals surface area contributed by atoms with Crippen LogP contribution in [0.1, 0.15) is 20.3 Å². The van der Waals surface area contributed by atoms with Gasteiger partial charge in [0.15, 0.2) is 0 Å². The average Bonchev–Trinajstić information content (AvgIpc) is 2.86. The second-order valence-electron chi connectivity index (χ2n) is 5.33. The van der Waals surface area contributed by atoms with Gasteiger partial charge in [0.05, 0.1) is 0 Å². The van der Waals surface area contributed by atoms with Gasteiger partial charge in [-0.3, -0.25) is 9.59 Å². The second-order valence-corrected chi connectivity index (χ2v) is 5.33. The summed E-state index contributed by atoms with van der Waals surface area (Å²) in [6.45, 7) is 3.86. The molecule has 0 radical (unpaired) electrons. The van der Waals surface area contributed by atoms with Crippen LogP contribution in [-0.4, -0.2) is 32.0 Å². The summed E-state index contributed by atoms with van der Waals surface area (Å²) in [5.74, 6) is 0.144. The molecule has 8 nitrogen and oxygen atoms in total. The maximum Gasteiger partial charge on any atom is 0.241 e. The molecule has 22 heavy (non-hydrogen) atoms. The Labute approximate surface area is 127 Å². The zero-order chi connectivity index (χ0) is 16.1. The first-order valence-corrected chi connectivity index (χ1v) is 6.90. The zero-order valence-corrected chi connectivity index (χ0v) is 12.5. The highest BCUT2D eigenvalue weighted by atomic mass is 16.2. The molecule has 0 aliphatic carbocycles. The van der Waals surface area contributed by atoms with Crippen molar-refractivity contribution in [2.45, 2.75) is 26.8 Å². The van der Waals surface area contributed by atoms with Crippen molar-refractivity contribution in [3.8, 4) is 11.4 Å². The van der Waals surface area contributed by atoms with E-state index in [4.69, 9.17) is 5.73 Å². The van der Waals surface area contributed by atoms with Gasteiger partial charge in [-0.1, -0.05) is 13.8 Å². The van der Waals surface area contributed by atoms with Crippen LogP contribution in [0.15, 0.2) is 24.3 Å². The third kappa shape index (κ3) is 4.37. The molecule has 2 aromatic rings. The Bertz CT molecular complexity index is 662. The summed E-state index contributed by atoms with van der Waals surface area (Å²) >= 11 is 0. The van der Waals surface area contributed by atoms with E-state index in [9.17, 15) is 9.59 Å². The summed E-state index contributed by atoms with van der Waals surface area (Å²) < 4.78 is 0. The van der Waals surface area contributed by atoms with E-state index in [2.05, 4.69) is 20.7 Å². The topological polar surface area (TPSA) is 116 Å². The zero-order valence-electron chi connectivity index (χ0n) is 12.5. The standard InChI is InChI=1S/C14H18N6O2/c1-9(2)7-13(22)16-11-5-3-10(4-6-11)14-17-19-20(18-14)8-12(15)21/h3-6,9H,7-8H2,1-2H3,(H2,15,21)(H,16,22). The fourth-order valence-corrected chi connectivity index (χ4v) is 1.85. The minimum Gasteiger partial charge on any atom is -0.368 e. The van der Waals surface area contributed by atoms with Gasteiger partial charge in [-0.15, -0.1) is 10.2 Å². The lowest BCUT2D eigenvalue weighted by molar-refractivity contribution is -0.119. The van der Waals surface area contributed by atoms with Gasteiger partial charge in [0, 0.05) is 17.7 Å². The Morgan fingerprint density at radius 3 is 2.55 bits per heavy atom. The van der Waals surface area contributed by atoms with Gasteiger partial charge in [0.25, 0.3) is 0 Å². The first kappa shape index (κ1) is 15.6. The predicted octanol–water partition coefficient (Wildman–Crippen LogP) is 0.810. The number of hydrogen-bond acceptors (Lipinski definition) is 5. The quantitative estimate of drug-likeness (QED) is 0.819. The van der Waals surface area contributed by atoms with Crippen molar-refractivity contribution in [2.24, 2.45) is 11.7 Å². The second kappa shape index (κ2) is 6.79. The number of carbonyl (C=O) groups is 2. The molecule has 1 heterocycles. The third-order valence-electron chi connectivity index (χ3n) is 2.77. The van der Waals surface area contributed by atoms with Gasteiger partial charge in [-0.05, 0) is 35.4 Å². The van der Waals surface area contributed by atoms with Crippen LogP contribution in [0.3, 0.4) is 0 Å². The lowest BCUT2D eigenvalue weighted by atomic mass is 10.1. The van der Waals surface area contributed by atoms with Gasteiger partial charge < -0.3 is 11.1 Å². The van der Waals surface area contributed by atoms with Crippen molar-refractivity contribution in [3.05, 3.63) is 24.3 Å². The maximum absolute atomic E-state index is 11.7. The van der Waals surface area contributed by atoms with E-state index < -0.39 is 5.91 Å². The number of aromatic nitrogens is 4. The number of carbonyl (C=O) groups excluding carboxylic acids is 2. The van der Waals surface area contributed by atoms with Crippen LogP contribution >= 0.6 is 0 Å². The highest BCUT2D eigenvalue weighted by Crippen LogP contribution is 2.17. The Morgan fingerprint density at radius 1 is 1.27 bits per heavy atom. The first-order valence-electron chi connectivity index (χ1n) is 6.90. The molecule has 1 aromatic heterocycles. The number of tetrazole rings is 1. The number of rotatable bonds is 6. The number of anilines is 1. The minimum atomic E-state index is -0.535. The van der Waals surface area contributed by atoms with Crippen molar-refractivity contribution in [3.63, 3.8) is 0 Å². The van der Waals surface area contributed by atoms with Gasteiger partial charge in [0.1, 0.15) is 6.54 Å². The van der Waals surface area contributed by atoms with Crippen LogP contribution in [0.2, 0.25) is 0 Å². The Balaban J connectivity index is 2.03. The number of nitrogens with zero attached hydrogens (tertiary/aromatic N) is 4. The molecule has 0 aliphatic rings. The summed E-state index contributed by atoms with van der Waals surface area (Å²) in [6.07, 6.45) is 0.477. The molecule has 0 unspecified atom stereocenters. The fraction of sp³-hybridized carbons (Fsp3) is 0.357. The Kier molecular flexibility index (Phi) is 4.82. The number of amides is 2. The summed E-state index contributed by atoms with van der Waals surface area (Å²) in [4.78, 5) is 23.6. The van der Waals surface area contributed by atoms with E-state index in [-0.39, 0.29) is 12.5 Å². The molecule has 8 heteroatoms. The van der Waals surface area contributed by atoms with Crippen LogP contribution in [0.4, 0.5) is 5.69 Å². The molecule has 0 atom stereocenters. The summed E-state index contributed by atoms with van der Waals surface area (Å²) in [6, 6.07) is 7.08. The summed E-state index contributed by atoms with van der Waals surface area (Å²) in [5, 5.41) is 14.5. The van der Waals surface area contributed by atoms with Crippen molar-refractivity contribution >= 4 is 17.5 Å². The van der Waals surface area contributed by atoms with E-state index in [1.54, 1.807) is 24.3 Å². The lowest BCUT2D eigenvalue weighted by Crippen LogP contribution is -2.20. The number of benzene rings is 1. The van der Waals surface area contributed by atoms with Crippen LogP contribution in [0.25, 0.3) is 11.4 Å². The van der Waals surface area contributed by atoms with Crippen molar-refractivity contribution < 1.29 is 9.59 Å². The van der Waals surface area contributed by atoms with Crippen molar-refractivity contribution in [2.75, 3.05) is 5.32 Å². The molecule has 0 saturated heterocycles. The van der Waals surface area contributed by atoms with Gasteiger partial charge in [0.2, 0.25) is 17.6 Å². The van der Waals surface area contributed by atoms with Crippen LogP contribution in [0.5, 0.6) is 0 Å². The average molecular weight is 302 g/mol. The van der Waals surface area contributed by atoms with E-state index in [1.165, 1.54) is 0 Å². The molecule has 0 saturated carbocycles. The van der Waals surface area contributed by atoms with Gasteiger partial charge in [-0.2, -0.15) is 4.80 Å². The monoisotopic (exact) mass is 302 g/mol. The Morgan fingerprint density at radius 2 is 1.95 bits per heavy atom. The maximum atomic E-state index is 11.7. The number of hydrogen-bond donors (Lipinski definition) is 2. The van der Waals surface area contributed by atoms with Gasteiger partial charge >= 0.3 is 0 Å². The van der Waals surface area contributed by atoms with Crippen LogP contribution in [0, 0.1) is 5.92 Å². The first-order chi connectivity index (χ1) is 10.4. The number of nitrogens with one attached hydrogen (secondary N) is 1. The number of primary amides is 1. The lowest BCUT2D eigenvalue weighted by Gasteiger charge is -2.07. The van der Waals surface area contributed by atoms with E-state index in [0.717, 1.165) is 10.4 Å². The molecule has 3 N–H and O–H groups in total. The highest BCUT2D eigenvalue weighted by Gasteiger charge is 2.09. The molecule has 1 aromatic carbocycles. The SMILES string of the molecule is CC(C)CC(=O)Nc1ccc(-c2nnn(CC(N)=O)n2)cc1. The normalized spacial score (nSPS) is 10.7. The molecule has 0 bridgehead atoms. The van der Waals surface area contributed by atoms with Crippen LogP contribution in [-0.2, 0) is 16.1 Å². The third-order valence-corrected chi connectivity index (χ3v) is 2.77. The predicted molar refractivity (Wildman–Crippen MR) is 80.5 cm³/mol. The van der Waals surface area contributed by atoms with E-state index in [1.807, 2.05) is 13.8 Å². The van der Waals surface area contributed by atoms with E-state index >= 15 is 0 Å². The molecule has 0 spiro atoms. The number of nitrogens with two attached hydrogens (primary N) is 1. The summed E-state index contributed by atoms with van der Waals surface area (Å²) in [7, 11) is 0. The smallest absolute Gasteiger partial charge is 0.241 e.